The number of likely N-dealkylation sites (N-methyl/N-ethyl adjacent to an activating group) is 2. The summed E-state index contributed by atoms with van der Waals surface area (Å²) >= 11 is 0. The minimum Gasteiger partial charge on any atom is -0.395 e. The number of carbonyl (C=O) groups excluding carboxylic acids is 2. The van der Waals surface area contributed by atoms with Crippen LogP contribution in [-0.4, -0.2) is 48.1 Å². The van der Waals surface area contributed by atoms with E-state index >= 15 is 0 Å². The molecule has 1 aromatic rings. The molecule has 0 atom stereocenters. The number of hydrogen-bond acceptors (Lipinski definition) is 3. The predicted octanol–water partition coefficient (Wildman–Crippen LogP) is 0.880. The van der Waals surface area contributed by atoms with Gasteiger partial charge in [0.25, 0.3) is 0 Å². The maximum atomic E-state index is 12.2. The van der Waals surface area contributed by atoms with E-state index in [1.807, 2.05) is 25.1 Å². The van der Waals surface area contributed by atoms with Crippen LogP contribution in [-0.2, 0) is 9.59 Å². The van der Waals surface area contributed by atoms with E-state index in [0.29, 0.717) is 18.8 Å². The summed E-state index contributed by atoms with van der Waals surface area (Å²) in [5, 5.41) is 8.89. The standard InChI is InChI=1S/C14H20N2O3/c1-3-15(10-11-17)13(18)14(19)16(4-2)12-8-6-5-7-9-12/h5-9,17H,3-4,10-11H2,1-2H3. The second kappa shape index (κ2) is 7.53. The Morgan fingerprint density at radius 1 is 1.05 bits per heavy atom. The molecule has 0 spiro atoms. The maximum Gasteiger partial charge on any atom is 0.316 e. The summed E-state index contributed by atoms with van der Waals surface area (Å²) < 4.78 is 0. The van der Waals surface area contributed by atoms with Gasteiger partial charge in [-0.2, -0.15) is 0 Å². The summed E-state index contributed by atoms with van der Waals surface area (Å²) in [6, 6.07) is 9.07. The van der Waals surface area contributed by atoms with Crippen LogP contribution in [0.5, 0.6) is 0 Å². The third-order valence-corrected chi connectivity index (χ3v) is 2.85. The lowest BCUT2D eigenvalue weighted by Gasteiger charge is -2.25. The zero-order chi connectivity index (χ0) is 14.3. The van der Waals surface area contributed by atoms with Crippen LogP contribution >= 0.6 is 0 Å². The van der Waals surface area contributed by atoms with Gasteiger partial charge < -0.3 is 14.9 Å². The summed E-state index contributed by atoms with van der Waals surface area (Å²) in [5.41, 5.74) is 0.698. The molecule has 5 heteroatoms. The highest BCUT2D eigenvalue weighted by Crippen LogP contribution is 2.13. The number of aliphatic hydroxyl groups is 1. The predicted molar refractivity (Wildman–Crippen MR) is 73.8 cm³/mol. The molecule has 1 aromatic carbocycles. The van der Waals surface area contributed by atoms with Gasteiger partial charge in [-0.1, -0.05) is 18.2 Å². The molecular formula is C14H20N2O3. The average Bonchev–Trinajstić information content (AvgIpc) is 2.45. The molecule has 0 unspecified atom stereocenters. The van der Waals surface area contributed by atoms with E-state index in [4.69, 9.17) is 5.11 Å². The lowest BCUT2D eigenvalue weighted by molar-refractivity contribution is -0.144. The van der Waals surface area contributed by atoms with Crippen molar-refractivity contribution in [1.82, 2.24) is 4.90 Å². The number of carbonyl (C=O) groups is 2. The number of amides is 2. The van der Waals surface area contributed by atoms with Crippen molar-refractivity contribution in [2.75, 3.05) is 31.1 Å². The van der Waals surface area contributed by atoms with E-state index in [9.17, 15) is 9.59 Å². The monoisotopic (exact) mass is 264 g/mol. The number of aliphatic hydroxyl groups excluding tert-OH is 1. The lowest BCUT2D eigenvalue weighted by Crippen LogP contribution is -2.46. The number of hydrogen-bond donors (Lipinski definition) is 1. The van der Waals surface area contributed by atoms with Gasteiger partial charge in [0.05, 0.1) is 6.61 Å². The lowest BCUT2D eigenvalue weighted by atomic mass is 10.2. The van der Waals surface area contributed by atoms with E-state index in [1.54, 1.807) is 19.1 Å². The quantitative estimate of drug-likeness (QED) is 0.803. The first kappa shape index (κ1) is 15.2. The molecule has 1 rings (SSSR count). The third kappa shape index (κ3) is 3.79. The van der Waals surface area contributed by atoms with E-state index < -0.39 is 11.8 Å². The van der Waals surface area contributed by atoms with Crippen molar-refractivity contribution in [2.45, 2.75) is 13.8 Å². The second-order valence-electron chi connectivity index (χ2n) is 3.99. The van der Waals surface area contributed by atoms with Gasteiger partial charge in [-0.05, 0) is 26.0 Å². The molecule has 0 fully saturated rings. The summed E-state index contributed by atoms with van der Waals surface area (Å²) in [5.74, 6) is -1.15. The van der Waals surface area contributed by atoms with Crippen LogP contribution in [0.25, 0.3) is 0 Å². The van der Waals surface area contributed by atoms with Gasteiger partial charge in [-0.25, -0.2) is 0 Å². The largest absolute Gasteiger partial charge is 0.395 e. The van der Waals surface area contributed by atoms with Gasteiger partial charge in [-0.15, -0.1) is 0 Å². The molecule has 5 nitrogen and oxygen atoms in total. The van der Waals surface area contributed by atoms with Crippen molar-refractivity contribution in [3.05, 3.63) is 30.3 Å². The molecular weight excluding hydrogens is 244 g/mol. The topological polar surface area (TPSA) is 60.9 Å². The fraction of sp³-hybridized carbons (Fsp3) is 0.429. The molecule has 0 saturated heterocycles. The second-order valence-corrected chi connectivity index (χ2v) is 3.99. The fourth-order valence-corrected chi connectivity index (χ4v) is 1.83. The van der Waals surface area contributed by atoms with Gasteiger partial charge >= 0.3 is 11.8 Å². The molecule has 2 amide bonds. The number of benzene rings is 1. The first-order valence-corrected chi connectivity index (χ1v) is 6.42. The van der Waals surface area contributed by atoms with E-state index in [1.165, 1.54) is 9.80 Å². The van der Waals surface area contributed by atoms with Crippen molar-refractivity contribution >= 4 is 17.5 Å². The Hall–Kier alpha value is -1.88. The Morgan fingerprint density at radius 3 is 2.16 bits per heavy atom. The fourth-order valence-electron chi connectivity index (χ4n) is 1.83. The van der Waals surface area contributed by atoms with Gasteiger partial charge in [0.2, 0.25) is 0 Å². The zero-order valence-corrected chi connectivity index (χ0v) is 11.4. The third-order valence-electron chi connectivity index (χ3n) is 2.85. The smallest absolute Gasteiger partial charge is 0.316 e. The molecule has 1 N–H and O–H groups in total. The maximum absolute atomic E-state index is 12.2. The summed E-state index contributed by atoms with van der Waals surface area (Å²) in [6.07, 6.45) is 0. The minimum atomic E-state index is -0.581. The van der Waals surface area contributed by atoms with Crippen LogP contribution in [0.2, 0.25) is 0 Å². The van der Waals surface area contributed by atoms with Gasteiger partial charge in [0.1, 0.15) is 0 Å². The van der Waals surface area contributed by atoms with Crippen LogP contribution in [0.3, 0.4) is 0 Å². The molecule has 104 valence electrons. The zero-order valence-electron chi connectivity index (χ0n) is 11.4. The summed E-state index contributed by atoms with van der Waals surface area (Å²) in [4.78, 5) is 27.0. The first-order chi connectivity index (χ1) is 9.15. The van der Waals surface area contributed by atoms with E-state index in [2.05, 4.69) is 0 Å². The van der Waals surface area contributed by atoms with Gasteiger partial charge in [0.15, 0.2) is 0 Å². The van der Waals surface area contributed by atoms with Crippen molar-refractivity contribution in [3.63, 3.8) is 0 Å². The number of para-hydroxylation sites is 1. The highest BCUT2D eigenvalue weighted by Gasteiger charge is 2.25. The molecule has 0 aliphatic heterocycles. The Labute approximate surface area is 113 Å². The van der Waals surface area contributed by atoms with Gasteiger partial charge in [-0.3, -0.25) is 9.59 Å². The van der Waals surface area contributed by atoms with Crippen LogP contribution in [0.1, 0.15) is 13.8 Å². The van der Waals surface area contributed by atoms with E-state index in [-0.39, 0.29) is 13.2 Å². The Balaban J connectivity index is 2.87. The highest BCUT2D eigenvalue weighted by molar-refractivity contribution is 6.40. The molecule has 0 aliphatic rings. The minimum absolute atomic E-state index is 0.148. The molecule has 0 saturated carbocycles. The molecule has 0 aromatic heterocycles. The molecule has 19 heavy (non-hydrogen) atoms. The summed E-state index contributed by atoms with van der Waals surface area (Å²) in [6.45, 7) is 4.45. The first-order valence-electron chi connectivity index (χ1n) is 6.42. The molecule has 0 aliphatic carbocycles. The van der Waals surface area contributed by atoms with Gasteiger partial charge in [0, 0.05) is 25.3 Å². The Kier molecular flexibility index (Phi) is 6.02. The van der Waals surface area contributed by atoms with Crippen LogP contribution < -0.4 is 4.90 Å². The van der Waals surface area contributed by atoms with Crippen molar-refractivity contribution in [3.8, 4) is 0 Å². The van der Waals surface area contributed by atoms with Crippen molar-refractivity contribution < 1.29 is 14.7 Å². The SMILES string of the molecule is CCN(CCO)C(=O)C(=O)N(CC)c1ccccc1. The average molecular weight is 264 g/mol. The Morgan fingerprint density at radius 2 is 1.68 bits per heavy atom. The molecule has 0 heterocycles. The molecule has 0 radical (unpaired) electrons. The number of rotatable bonds is 5. The van der Waals surface area contributed by atoms with E-state index in [0.717, 1.165) is 0 Å². The van der Waals surface area contributed by atoms with Crippen LogP contribution in [0, 0.1) is 0 Å². The van der Waals surface area contributed by atoms with Crippen LogP contribution in [0.15, 0.2) is 30.3 Å². The number of nitrogens with zero attached hydrogens (tertiary/aromatic N) is 2. The highest BCUT2D eigenvalue weighted by atomic mass is 16.3. The van der Waals surface area contributed by atoms with Crippen LogP contribution in [0.4, 0.5) is 5.69 Å². The number of anilines is 1. The Bertz CT molecular complexity index is 420. The normalized spacial score (nSPS) is 10.1. The van der Waals surface area contributed by atoms with Crippen molar-refractivity contribution in [2.24, 2.45) is 0 Å². The summed E-state index contributed by atoms with van der Waals surface area (Å²) in [7, 11) is 0. The molecule has 0 bridgehead atoms. The van der Waals surface area contributed by atoms with Crippen molar-refractivity contribution in [1.29, 1.82) is 0 Å².